The van der Waals surface area contributed by atoms with E-state index in [1.54, 1.807) is 11.3 Å². The van der Waals surface area contributed by atoms with Crippen LogP contribution in [0.2, 0.25) is 0 Å². The standard InChI is InChI=1S/C11H17NOS/c1(10-4-8-14-9-10)5-12-11-2-6-13-7-3-11/h4,8-9,11-12H,1-3,5-7H2. The Morgan fingerprint density at radius 3 is 3.00 bits per heavy atom. The number of rotatable bonds is 4. The molecule has 1 aromatic rings. The lowest BCUT2D eigenvalue weighted by atomic mass is 10.1. The first-order valence-corrected chi connectivity index (χ1v) is 6.21. The molecule has 1 aromatic heterocycles. The third kappa shape index (κ3) is 3.08. The molecule has 1 N–H and O–H groups in total. The van der Waals surface area contributed by atoms with Crippen LogP contribution >= 0.6 is 11.3 Å². The highest BCUT2D eigenvalue weighted by Gasteiger charge is 2.11. The van der Waals surface area contributed by atoms with E-state index >= 15 is 0 Å². The van der Waals surface area contributed by atoms with Gasteiger partial charge in [-0.1, -0.05) is 0 Å². The second-order valence-corrected chi connectivity index (χ2v) is 4.50. The maximum absolute atomic E-state index is 5.31. The largest absolute Gasteiger partial charge is 0.381 e. The van der Waals surface area contributed by atoms with Gasteiger partial charge < -0.3 is 10.1 Å². The Bertz CT molecular complexity index is 242. The maximum Gasteiger partial charge on any atom is 0.0480 e. The van der Waals surface area contributed by atoms with Crippen molar-refractivity contribution in [3.63, 3.8) is 0 Å². The molecule has 1 fully saturated rings. The van der Waals surface area contributed by atoms with Crippen LogP contribution in [0.5, 0.6) is 0 Å². The van der Waals surface area contributed by atoms with Crippen LogP contribution in [0.4, 0.5) is 0 Å². The summed E-state index contributed by atoms with van der Waals surface area (Å²) in [5, 5.41) is 7.95. The Balaban J connectivity index is 1.62. The van der Waals surface area contributed by atoms with Gasteiger partial charge in [0.2, 0.25) is 0 Å². The quantitative estimate of drug-likeness (QED) is 0.823. The van der Waals surface area contributed by atoms with Gasteiger partial charge in [0, 0.05) is 19.3 Å². The van der Waals surface area contributed by atoms with Gasteiger partial charge in [0.1, 0.15) is 0 Å². The number of hydrogen-bond acceptors (Lipinski definition) is 3. The van der Waals surface area contributed by atoms with Crippen molar-refractivity contribution in [1.82, 2.24) is 5.32 Å². The van der Waals surface area contributed by atoms with Crippen LogP contribution in [0, 0.1) is 0 Å². The zero-order chi connectivity index (χ0) is 9.64. The SMILES string of the molecule is c1cc(CCNC2CCOCC2)cs1. The summed E-state index contributed by atoms with van der Waals surface area (Å²) in [6.07, 6.45) is 3.49. The Hall–Kier alpha value is -0.380. The summed E-state index contributed by atoms with van der Waals surface area (Å²) in [6, 6.07) is 2.89. The maximum atomic E-state index is 5.31. The number of thiophene rings is 1. The predicted molar refractivity (Wildman–Crippen MR) is 59.9 cm³/mol. The first-order chi connectivity index (χ1) is 6.95. The van der Waals surface area contributed by atoms with E-state index in [1.165, 1.54) is 18.4 Å². The molecule has 0 aliphatic carbocycles. The molecule has 0 unspecified atom stereocenters. The molecule has 14 heavy (non-hydrogen) atoms. The van der Waals surface area contributed by atoms with E-state index in [4.69, 9.17) is 4.74 Å². The van der Waals surface area contributed by atoms with Crippen LogP contribution < -0.4 is 5.32 Å². The predicted octanol–water partition coefficient (Wildman–Crippen LogP) is 2.06. The zero-order valence-electron chi connectivity index (χ0n) is 8.37. The molecule has 3 heteroatoms. The molecule has 2 rings (SSSR count). The molecule has 78 valence electrons. The van der Waals surface area contributed by atoms with Crippen LogP contribution in [-0.4, -0.2) is 25.8 Å². The fraction of sp³-hybridized carbons (Fsp3) is 0.636. The van der Waals surface area contributed by atoms with Crippen molar-refractivity contribution in [1.29, 1.82) is 0 Å². The second kappa shape index (κ2) is 5.49. The average Bonchev–Trinajstić information content (AvgIpc) is 2.72. The monoisotopic (exact) mass is 211 g/mol. The number of hydrogen-bond donors (Lipinski definition) is 1. The Morgan fingerprint density at radius 2 is 2.29 bits per heavy atom. The molecular formula is C11H17NOS. The minimum Gasteiger partial charge on any atom is -0.381 e. The average molecular weight is 211 g/mol. The smallest absolute Gasteiger partial charge is 0.0480 e. The van der Waals surface area contributed by atoms with Crippen LogP contribution in [0.15, 0.2) is 16.8 Å². The lowest BCUT2D eigenvalue weighted by Gasteiger charge is -2.23. The van der Waals surface area contributed by atoms with E-state index in [0.29, 0.717) is 6.04 Å². The van der Waals surface area contributed by atoms with Gasteiger partial charge in [0.05, 0.1) is 0 Å². The van der Waals surface area contributed by atoms with Crippen molar-refractivity contribution in [2.45, 2.75) is 25.3 Å². The molecular weight excluding hydrogens is 194 g/mol. The molecule has 0 aromatic carbocycles. The molecule has 0 saturated carbocycles. The first kappa shape index (κ1) is 10.1. The number of nitrogens with one attached hydrogen (secondary N) is 1. The van der Waals surface area contributed by atoms with E-state index < -0.39 is 0 Å². The Morgan fingerprint density at radius 1 is 1.43 bits per heavy atom. The molecule has 0 amide bonds. The highest BCUT2D eigenvalue weighted by atomic mass is 32.1. The van der Waals surface area contributed by atoms with E-state index in [1.807, 2.05) is 0 Å². The van der Waals surface area contributed by atoms with Gasteiger partial charge in [-0.3, -0.25) is 0 Å². The summed E-state index contributed by atoms with van der Waals surface area (Å²) in [4.78, 5) is 0. The summed E-state index contributed by atoms with van der Waals surface area (Å²) in [6.45, 7) is 2.95. The fourth-order valence-electron chi connectivity index (χ4n) is 1.76. The highest BCUT2D eigenvalue weighted by molar-refractivity contribution is 7.07. The molecule has 1 saturated heterocycles. The van der Waals surface area contributed by atoms with Gasteiger partial charge in [-0.25, -0.2) is 0 Å². The summed E-state index contributed by atoms with van der Waals surface area (Å²) in [7, 11) is 0. The molecule has 0 atom stereocenters. The Labute approximate surface area is 89.3 Å². The van der Waals surface area contributed by atoms with E-state index in [-0.39, 0.29) is 0 Å². The van der Waals surface area contributed by atoms with E-state index in [9.17, 15) is 0 Å². The molecule has 1 aliphatic heterocycles. The molecule has 1 aliphatic rings. The topological polar surface area (TPSA) is 21.3 Å². The van der Waals surface area contributed by atoms with Gasteiger partial charge in [-0.05, 0) is 48.2 Å². The Kier molecular flexibility index (Phi) is 3.98. The van der Waals surface area contributed by atoms with E-state index in [0.717, 1.165) is 26.2 Å². The molecule has 0 radical (unpaired) electrons. The minimum atomic E-state index is 0.683. The van der Waals surface area contributed by atoms with Crippen molar-refractivity contribution in [3.8, 4) is 0 Å². The lowest BCUT2D eigenvalue weighted by molar-refractivity contribution is 0.0782. The molecule has 0 bridgehead atoms. The zero-order valence-corrected chi connectivity index (χ0v) is 9.19. The van der Waals surface area contributed by atoms with Gasteiger partial charge in [0.15, 0.2) is 0 Å². The van der Waals surface area contributed by atoms with Gasteiger partial charge in [-0.15, -0.1) is 0 Å². The first-order valence-electron chi connectivity index (χ1n) is 5.27. The number of ether oxygens (including phenoxy) is 1. The third-order valence-electron chi connectivity index (χ3n) is 2.65. The van der Waals surface area contributed by atoms with E-state index in [2.05, 4.69) is 22.1 Å². The van der Waals surface area contributed by atoms with Gasteiger partial charge in [0.25, 0.3) is 0 Å². The summed E-state index contributed by atoms with van der Waals surface area (Å²) in [5.74, 6) is 0. The van der Waals surface area contributed by atoms with Gasteiger partial charge >= 0.3 is 0 Å². The molecule has 0 spiro atoms. The van der Waals surface area contributed by atoms with Crippen LogP contribution in [0.1, 0.15) is 18.4 Å². The second-order valence-electron chi connectivity index (χ2n) is 3.72. The summed E-state index contributed by atoms with van der Waals surface area (Å²) < 4.78 is 5.31. The normalized spacial score (nSPS) is 18.6. The third-order valence-corrected chi connectivity index (χ3v) is 3.38. The van der Waals surface area contributed by atoms with Crippen molar-refractivity contribution in [2.24, 2.45) is 0 Å². The molecule has 2 heterocycles. The lowest BCUT2D eigenvalue weighted by Crippen LogP contribution is -2.35. The minimum absolute atomic E-state index is 0.683. The van der Waals surface area contributed by atoms with Crippen molar-refractivity contribution in [3.05, 3.63) is 22.4 Å². The summed E-state index contributed by atoms with van der Waals surface area (Å²) in [5.41, 5.74) is 1.45. The fourth-order valence-corrected chi connectivity index (χ4v) is 2.46. The van der Waals surface area contributed by atoms with Crippen LogP contribution in [0.3, 0.4) is 0 Å². The summed E-state index contributed by atoms with van der Waals surface area (Å²) >= 11 is 1.78. The van der Waals surface area contributed by atoms with Crippen LogP contribution in [0.25, 0.3) is 0 Å². The highest BCUT2D eigenvalue weighted by Crippen LogP contribution is 2.08. The van der Waals surface area contributed by atoms with Crippen molar-refractivity contribution in [2.75, 3.05) is 19.8 Å². The van der Waals surface area contributed by atoms with Crippen molar-refractivity contribution >= 4 is 11.3 Å². The molecule has 2 nitrogen and oxygen atoms in total. The van der Waals surface area contributed by atoms with Crippen molar-refractivity contribution < 1.29 is 4.74 Å². The van der Waals surface area contributed by atoms with Gasteiger partial charge in [-0.2, -0.15) is 11.3 Å². The van der Waals surface area contributed by atoms with Crippen LogP contribution in [-0.2, 0) is 11.2 Å².